The molecule has 3 rings (SSSR count). The lowest BCUT2D eigenvalue weighted by molar-refractivity contribution is -0.139. The van der Waals surface area contributed by atoms with Gasteiger partial charge in [-0.25, -0.2) is 8.42 Å². The number of halogens is 1. The minimum atomic E-state index is -3.19. The highest BCUT2D eigenvalue weighted by Crippen LogP contribution is 2.31. The Bertz CT molecular complexity index is 714. The van der Waals surface area contributed by atoms with E-state index in [2.05, 4.69) is 0 Å². The Hall–Kier alpha value is -1.31. The second-order valence-corrected chi connectivity index (χ2v) is 8.38. The fraction of sp³-hybridized carbons (Fsp3) is 0.533. The topological polar surface area (TPSA) is 66.9 Å². The Morgan fingerprint density at radius 3 is 2.65 bits per heavy atom. The number of fused-ring (bicyclic) bond motifs is 1. The van der Waals surface area contributed by atoms with Gasteiger partial charge in [0.2, 0.25) is 10.0 Å². The standard InChI is InChI=1S/C15H19ClN2O4S/c1-2-23(20,21)18-7-5-17(6-8-18)15(19)14-10-11-9-12(16)3-4-13(11)22-14/h3-4,9,14H,2,5-8,10H2,1H3. The molecule has 1 saturated heterocycles. The Morgan fingerprint density at radius 2 is 2.00 bits per heavy atom. The van der Waals surface area contributed by atoms with E-state index >= 15 is 0 Å². The molecule has 8 heteroatoms. The van der Waals surface area contributed by atoms with Gasteiger partial charge in [-0.1, -0.05) is 11.6 Å². The van der Waals surface area contributed by atoms with Gasteiger partial charge in [-0.2, -0.15) is 4.31 Å². The van der Waals surface area contributed by atoms with Gasteiger partial charge in [0.1, 0.15) is 5.75 Å². The molecule has 1 fully saturated rings. The average molecular weight is 359 g/mol. The van der Waals surface area contributed by atoms with Crippen molar-refractivity contribution in [3.63, 3.8) is 0 Å². The maximum absolute atomic E-state index is 12.6. The van der Waals surface area contributed by atoms with Gasteiger partial charge in [-0.05, 0) is 30.7 Å². The van der Waals surface area contributed by atoms with Crippen LogP contribution in [0.1, 0.15) is 12.5 Å². The van der Waals surface area contributed by atoms with Crippen LogP contribution in [0.25, 0.3) is 0 Å². The first kappa shape index (κ1) is 16.5. The van der Waals surface area contributed by atoms with Crippen molar-refractivity contribution in [2.75, 3.05) is 31.9 Å². The van der Waals surface area contributed by atoms with Crippen LogP contribution >= 0.6 is 11.6 Å². The molecule has 0 bridgehead atoms. The summed E-state index contributed by atoms with van der Waals surface area (Å²) < 4.78 is 30.9. The van der Waals surface area contributed by atoms with Gasteiger partial charge >= 0.3 is 0 Å². The molecule has 0 aliphatic carbocycles. The van der Waals surface area contributed by atoms with E-state index in [1.54, 1.807) is 24.0 Å². The molecule has 1 atom stereocenters. The number of hydrogen-bond acceptors (Lipinski definition) is 4. The van der Waals surface area contributed by atoms with Crippen molar-refractivity contribution in [1.29, 1.82) is 0 Å². The number of nitrogens with zero attached hydrogens (tertiary/aromatic N) is 2. The van der Waals surface area contributed by atoms with E-state index in [0.29, 0.717) is 43.4 Å². The molecule has 1 aromatic carbocycles. The fourth-order valence-electron chi connectivity index (χ4n) is 2.93. The Morgan fingerprint density at radius 1 is 1.30 bits per heavy atom. The number of piperazine rings is 1. The number of carbonyl (C=O) groups is 1. The first-order chi connectivity index (χ1) is 10.9. The van der Waals surface area contributed by atoms with Crippen LogP contribution in [0, 0.1) is 0 Å². The maximum Gasteiger partial charge on any atom is 0.264 e. The van der Waals surface area contributed by atoms with Crippen LogP contribution in [0.4, 0.5) is 0 Å². The predicted octanol–water partition coefficient (Wildman–Crippen LogP) is 1.14. The molecule has 0 radical (unpaired) electrons. The second kappa shape index (κ2) is 6.30. The lowest BCUT2D eigenvalue weighted by atomic mass is 10.1. The second-order valence-electron chi connectivity index (χ2n) is 5.69. The highest BCUT2D eigenvalue weighted by Gasteiger charge is 2.35. The fourth-order valence-corrected chi connectivity index (χ4v) is 4.21. The number of carbonyl (C=O) groups excluding carboxylic acids is 1. The highest BCUT2D eigenvalue weighted by molar-refractivity contribution is 7.89. The van der Waals surface area contributed by atoms with Crippen LogP contribution in [0.5, 0.6) is 5.75 Å². The number of benzene rings is 1. The molecule has 126 valence electrons. The highest BCUT2D eigenvalue weighted by atomic mass is 35.5. The van der Waals surface area contributed by atoms with Gasteiger partial charge in [0.25, 0.3) is 5.91 Å². The number of ether oxygens (including phenoxy) is 1. The zero-order valence-corrected chi connectivity index (χ0v) is 14.4. The third kappa shape index (κ3) is 3.32. The maximum atomic E-state index is 12.6. The van der Waals surface area contributed by atoms with Crippen LogP contribution in [-0.2, 0) is 21.2 Å². The van der Waals surface area contributed by atoms with Gasteiger partial charge in [-0.3, -0.25) is 4.79 Å². The summed E-state index contributed by atoms with van der Waals surface area (Å²) in [5, 5.41) is 0.624. The van der Waals surface area contributed by atoms with E-state index in [4.69, 9.17) is 16.3 Å². The lowest BCUT2D eigenvalue weighted by Crippen LogP contribution is -2.53. The largest absolute Gasteiger partial charge is 0.480 e. The molecule has 2 aliphatic rings. The Kier molecular flexibility index (Phi) is 4.53. The molecule has 1 aromatic rings. The van der Waals surface area contributed by atoms with E-state index < -0.39 is 16.1 Å². The van der Waals surface area contributed by atoms with E-state index in [0.717, 1.165) is 5.56 Å². The van der Waals surface area contributed by atoms with Gasteiger partial charge in [0.15, 0.2) is 6.10 Å². The van der Waals surface area contributed by atoms with E-state index in [9.17, 15) is 13.2 Å². The first-order valence-corrected chi connectivity index (χ1v) is 9.61. The molecule has 0 spiro atoms. The van der Waals surface area contributed by atoms with Crippen LogP contribution in [-0.4, -0.2) is 61.6 Å². The SMILES string of the molecule is CCS(=O)(=O)N1CCN(C(=O)C2Cc3cc(Cl)ccc3O2)CC1. The lowest BCUT2D eigenvalue weighted by Gasteiger charge is -2.34. The number of rotatable bonds is 3. The molecule has 0 aromatic heterocycles. The monoisotopic (exact) mass is 358 g/mol. The molecular formula is C15H19ClN2O4S. The van der Waals surface area contributed by atoms with Gasteiger partial charge in [0, 0.05) is 37.6 Å². The van der Waals surface area contributed by atoms with Crippen molar-refractivity contribution in [3.8, 4) is 5.75 Å². The van der Waals surface area contributed by atoms with Crippen molar-refractivity contribution in [2.45, 2.75) is 19.4 Å². The molecule has 0 saturated carbocycles. The van der Waals surface area contributed by atoms with Crippen molar-refractivity contribution in [1.82, 2.24) is 9.21 Å². The molecule has 23 heavy (non-hydrogen) atoms. The smallest absolute Gasteiger partial charge is 0.264 e. The van der Waals surface area contributed by atoms with E-state index in [1.807, 2.05) is 6.07 Å². The number of sulfonamides is 1. The summed E-state index contributed by atoms with van der Waals surface area (Å²) in [4.78, 5) is 14.3. The van der Waals surface area contributed by atoms with Crippen molar-refractivity contribution in [3.05, 3.63) is 28.8 Å². The summed E-state index contributed by atoms with van der Waals surface area (Å²) in [6.07, 6.45) is -0.0415. The Balaban J connectivity index is 1.61. The Labute approximate surface area is 141 Å². The summed E-state index contributed by atoms with van der Waals surface area (Å²) in [6.45, 7) is 3.10. The number of amides is 1. The summed E-state index contributed by atoms with van der Waals surface area (Å²) in [5.41, 5.74) is 0.933. The van der Waals surface area contributed by atoms with Crippen LogP contribution in [0.3, 0.4) is 0 Å². The molecule has 2 heterocycles. The summed E-state index contributed by atoms with van der Waals surface area (Å²) in [5.74, 6) is 0.689. The summed E-state index contributed by atoms with van der Waals surface area (Å²) >= 11 is 5.96. The average Bonchev–Trinajstić information content (AvgIpc) is 2.97. The van der Waals surface area contributed by atoms with Crippen LogP contribution in [0.15, 0.2) is 18.2 Å². The molecule has 2 aliphatic heterocycles. The zero-order chi connectivity index (χ0) is 16.6. The zero-order valence-electron chi connectivity index (χ0n) is 12.9. The first-order valence-electron chi connectivity index (χ1n) is 7.62. The van der Waals surface area contributed by atoms with Gasteiger partial charge < -0.3 is 9.64 Å². The van der Waals surface area contributed by atoms with E-state index in [-0.39, 0.29) is 11.7 Å². The third-order valence-electron chi connectivity index (χ3n) is 4.28. The van der Waals surface area contributed by atoms with Gasteiger partial charge in [-0.15, -0.1) is 0 Å². The molecular weight excluding hydrogens is 340 g/mol. The molecule has 6 nitrogen and oxygen atoms in total. The predicted molar refractivity (Wildman–Crippen MR) is 87.2 cm³/mol. The van der Waals surface area contributed by atoms with Crippen LogP contribution in [0.2, 0.25) is 5.02 Å². The minimum absolute atomic E-state index is 0.0861. The quantitative estimate of drug-likeness (QED) is 0.812. The molecule has 1 amide bonds. The summed E-state index contributed by atoms with van der Waals surface area (Å²) in [6, 6.07) is 5.33. The summed E-state index contributed by atoms with van der Waals surface area (Å²) in [7, 11) is -3.19. The normalized spacial score (nSPS) is 21.8. The van der Waals surface area contributed by atoms with Crippen molar-refractivity contribution < 1.29 is 17.9 Å². The molecule has 0 N–H and O–H groups in total. The van der Waals surface area contributed by atoms with Crippen molar-refractivity contribution >= 4 is 27.5 Å². The molecule has 1 unspecified atom stereocenters. The number of hydrogen-bond donors (Lipinski definition) is 0. The van der Waals surface area contributed by atoms with Gasteiger partial charge in [0.05, 0.1) is 5.75 Å². The van der Waals surface area contributed by atoms with Crippen molar-refractivity contribution in [2.24, 2.45) is 0 Å². The minimum Gasteiger partial charge on any atom is -0.480 e. The van der Waals surface area contributed by atoms with Crippen LogP contribution < -0.4 is 4.74 Å². The third-order valence-corrected chi connectivity index (χ3v) is 6.40. The van der Waals surface area contributed by atoms with E-state index in [1.165, 1.54) is 4.31 Å².